The molecule has 0 aliphatic heterocycles. The molecule has 11 heteroatoms. The molecule has 8 nitrogen and oxygen atoms in total. The van der Waals surface area contributed by atoms with E-state index in [-0.39, 0.29) is 18.9 Å². The van der Waals surface area contributed by atoms with Crippen LogP contribution in [0.2, 0.25) is 0 Å². The molecule has 0 atom stereocenters. The maximum atomic E-state index is 12.9. The second-order valence-corrected chi connectivity index (χ2v) is 9.35. The van der Waals surface area contributed by atoms with Crippen molar-refractivity contribution in [3.8, 4) is 17.6 Å². The van der Waals surface area contributed by atoms with Gasteiger partial charge in [0, 0.05) is 11.6 Å². The van der Waals surface area contributed by atoms with Crippen molar-refractivity contribution in [2.45, 2.75) is 19.8 Å². The van der Waals surface area contributed by atoms with Crippen LogP contribution in [0.25, 0.3) is 11.0 Å². The number of nitriles is 1. The van der Waals surface area contributed by atoms with E-state index >= 15 is 0 Å². The van der Waals surface area contributed by atoms with Crippen molar-refractivity contribution in [3.63, 3.8) is 0 Å². The Morgan fingerprint density at radius 1 is 1.11 bits per heavy atom. The Hall–Kier alpha value is -4.17. The highest BCUT2D eigenvalue weighted by Gasteiger charge is 2.16. The molecule has 35 heavy (non-hydrogen) atoms. The molecule has 0 aliphatic rings. The number of para-hydroxylation sites is 1. The van der Waals surface area contributed by atoms with E-state index in [9.17, 15) is 22.5 Å². The highest BCUT2D eigenvalue weighted by atomic mass is 32.2. The fraction of sp³-hybridized carbons (Fsp3) is 0.167. The third-order valence-electron chi connectivity index (χ3n) is 4.98. The number of sulfonamides is 1. The van der Waals surface area contributed by atoms with Gasteiger partial charge in [-0.1, -0.05) is 24.3 Å². The average Bonchev–Trinajstić information content (AvgIpc) is 3.14. The Balaban J connectivity index is 1.68. The van der Waals surface area contributed by atoms with Crippen molar-refractivity contribution in [3.05, 3.63) is 83.7 Å². The van der Waals surface area contributed by atoms with Crippen LogP contribution >= 0.6 is 0 Å². The first-order valence-corrected chi connectivity index (χ1v) is 12.2. The minimum Gasteiger partial charge on any atom is -0.486 e. The number of hydrogen-bond donors (Lipinski definition) is 1. The predicted molar refractivity (Wildman–Crippen MR) is 126 cm³/mol. The van der Waals surface area contributed by atoms with E-state index in [1.165, 1.54) is 12.1 Å². The number of hydrogen-bond acceptors (Lipinski definition) is 6. The lowest BCUT2D eigenvalue weighted by atomic mass is 10.2. The first-order chi connectivity index (χ1) is 16.7. The van der Waals surface area contributed by atoms with Gasteiger partial charge in [-0.05, 0) is 36.4 Å². The lowest BCUT2D eigenvalue weighted by Crippen LogP contribution is -2.11. The molecule has 1 heterocycles. The van der Waals surface area contributed by atoms with Crippen molar-refractivity contribution in [2.75, 3.05) is 11.0 Å². The summed E-state index contributed by atoms with van der Waals surface area (Å²) in [5.74, 6) is 0.909. The second kappa shape index (κ2) is 9.99. The molecule has 0 bridgehead atoms. The third kappa shape index (κ3) is 6.04. The van der Waals surface area contributed by atoms with Gasteiger partial charge < -0.3 is 14.0 Å². The topological polar surface area (TPSA) is 106 Å². The number of imidazole rings is 1. The Bertz CT molecular complexity index is 1510. The maximum Gasteiger partial charge on any atom is 0.387 e. The molecule has 4 aromatic rings. The smallest absolute Gasteiger partial charge is 0.387 e. The normalized spacial score (nSPS) is 11.4. The van der Waals surface area contributed by atoms with E-state index in [2.05, 4.69) is 20.5 Å². The Morgan fingerprint density at radius 2 is 1.91 bits per heavy atom. The van der Waals surface area contributed by atoms with Crippen molar-refractivity contribution < 1.29 is 26.7 Å². The SMILES string of the molecule is CS(=O)(=O)Nc1cccc(OCc2nc3ccc(C#N)cc3n2Cc2ccccc2OC(F)F)c1. The van der Waals surface area contributed by atoms with Crippen LogP contribution in [0.15, 0.2) is 66.7 Å². The highest BCUT2D eigenvalue weighted by molar-refractivity contribution is 7.92. The minimum absolute atomic E-state index is 0.00321. The zero-order chi connectivity index (χ0) is 25.0. The first-order valence-electron chi connectivity index (χ1n) is 10.3. The molecule has 0 radical (unpaired) electrons. The van der Waals surface area contributed by atoms with Gasteiger partial charge in [0.05, 0.1) is 41.2 Å². The molecule has 0 saturated carbocycles. The fourth-order valence-electron chi connectivity index (χ4n) is 3.56. The summed E-state index contributed by atoms with van der Waals surface area (Å²) in [4.78, 5) is 4.60. The molecule has 3 aromatic carbocycles. The molecule has 0 amide bonds. The molecule has 4 rings (SSSR count). The Labute approximate surface area is 200 Å². The molecule has 1 aromatic heterocycles. The molecular weight excluding hydrogens is 478 g/mol. The second-order valence-electron chi connectivity index (χ2n) is 7.61. The molecule has 180 valence electrons. The van der Waals surface area contributed by atoms with E-state index in [0.717, 1.165) is 6.26 Å². The molecule has 0 unspecified atom stereocenters. The summed E-state index contributed by atoms with van der Waals surface area (Å²) < 4.78 is 63.5. The van der Waals surface area contributed by atoms with E-state index in [1.807, 2.05) is 0 Å². The third-order valence-corrected chi connectivity index (χ3v) is 5.59. The number of anilines is 1. The van der Waals surface area contributed by atoms with Crippen LogP contribution in [0.4, 0.5) is 14.5 Å². The van der Waals surface area contributed by atoms with Gasteiger partial charge in [-0.15, -0.1) is 0 Å². The van der Waals surface area contributed by atoms with Gasteiger partial charge in [0.15, 0.2) is 0 Å². The molecule has 1 N–H and O–H groups in total. The number of alkyl halides is 2. The van der Waals surface area contributed by atoms with E-state index in [4.69, 9.17) is 4.74 Å². The Morgan fingerprint density at radius 3 is 2.66 bits per heavy atom. The lowest BCUT2D eigenvalue weighted by molar-refractivity contribution is -0.0504. The van der Waals surface area contributed by atoms with Gasteiger partial charge in [0.2, 0.25) is 10.0 Å². The van der Waals surface area contributed by atoms with Crippen LogP contribution in [-0.2, 0) is 23.2 Å². The molecule has 0 aliphatic carbocycles. The summed E-state index contributed by atoms with van der Waals surface area (Å²) in [6, 6.07) is 20.0. The van der Waals surface area contributed by atoms with Crippen molar-refractivity contribution in [1.29, 1.82) is 5.26 Å². The number of nitrogens with one attached hydrogen (secondary N) is 1. The van der Waals surface area contributed by atoms with Gasteiger partial charge in [-0.25, -0.2) is 13.4 Å². The number of halogens is 2. The van der Waals surface area contributed by atoms with Gasteiger partial charge in [-0.2, -0.15) is 14.0 Å². The minimum atomic E-state index is -3.45. The number of aromatic nitrogens is 2. The van der Waals surface area contributed by atoms with Crippen LogP contribution in [0, 0.1) is 11.3 Å². The zero-order valence-electron chi connectivity index (χ0n) is 18.5. The van der Waals surface area contributed by atoms with Crippen LogP contribution in [-0.4, -0.2) is 30.8 Å². The molecule has 0 fully saturated rings. The van der Waals surface area contributed by atoms with Crippen LogP contribution in [0.1, 0.15) is 17.0 Å². The zero-order valence-corrected chi connectivity index (χ0v) is 19.3. The maximum absolute atomic E-state index is 12.9. The number of ether oxygens (including phenoxy) is 2. The number of benzene rings is 3. The van der Waals surface area contributed by atoms with Crippen molar-refractivity contribution in [2.24, 2.45) is 0 Å². The monoisotopic (exact) mass is 498 g/mol. The standard InChI is InChI=1S/C24H20F2N4O4S/c1-35(31,32)29-18-6-4-7-19(12-18)33-15-23-28-20-10-9-16(13-27)11-21(20)30(23)14-17-5-2-3-8-22(17)34-24(25)26/h2-12,24,29H,14-15H2,1H3. The fourth-order valence-corrected chi connectivity index (χ4v) is 4.11. The lowest BCUT2D eigenvalue weighted by Gasteiger charge is -2.14. The summed E-state index contributed by atoms with van der Waals surface area (Å²) in [5.41, 5.74) is 2.48. The summed E-state index contributed by atoms with van der Waals surface area (Å²) in [6.07, 6.45) is 1.05. The van der Waals surface area contributed by atoms with Crippen LogP contribution < -0.4 is 14.2 Å². The molecule has 0 saturated heterocycles. The van der Waals surface area contributed by atoms with E-state index in [0.29, 0.717) is 39.4 Å². The Kier molecular flexibility index (Phi) is 6.84. The van der Waals surface area contributed by atoms with Crippen molar-refractivity contribution in [1.82, 2.24) is 9.55 Å². The van der Waals surface area contributed by atoms with Gasteiger partial charge in [0.25, 0.3) is 0 Å². The average molecular weight is 499 g/mol. The number of rotatable bonds is 9. The van der Waals surface area contributed by atoms with Crippen molar-refractivity contribution >= 4 is 26.7 Å². The summed E-state index contributed by atoms with van der Waals surface area (Å²) in [6.45, 7) is -2.84. The van der Waals surface area contributed by atoms with E-state index in [1.54, 1.807) is 59.2 Å². The van der Waals surface area contributed by atoms with E-state index < -0.39 is 16.6 Å². The largest absolute Gasteiger partial charge is 0.486 e. The number of fused-ring (bicyclic) bond motifs is 1. The summed E-state index contributed by atoms with van der Waals surface area (Å²) >= 11 is 0. The molecular formula is C24H20F2N4O4S. The van der Waals surface area contributed by atoms with Gasteiger partial charge >= 0.3 is 6.61 Å². The number of nitrogens with zero attached hydrogens (tertiary/aromatic N) is 3. The quantitative estimate of drug-likeness (QED) is 0.364. The van der Waals surface area contributed by atoms with Crippen LogP contribution in [0.3, 0.4) is 0 Å². The highest BCUT2D eigenvalue weighted by Crippen LogP contribution is 2.26. The first kappa shape index (κ1) is 24.0. The molecule has 0 spiro atoms. The summed E-state index contributed by atoms with van der Waals surface area (Å²) in [5, 5.41) is 9.33. The predicted octanol–water partition coefficient (Wildman–Crippen LogP) is 4.51. The van der Waals surface area contributed by atoms with Crippen LogP contribution in [0.5, 0.6) is 11.5 Å². The van der Waals surface area contributed by atoms with Gasteiger partial charge in [-0.3, -0.25) is 4.72 Å². The summed E-state index contributed by atoms with van der Waals surface area (Å²) in [7, 11) is -3.45. The van der Waals surface area contributed by atoms with Gasteiger partial charge in [0.1, 0.15) is 23.9 Å².